The van der Waals surface area contributed by atoms with Crippen LogP contribution in [-0.4, -0.2) is 35.4 Å². The van der Waals surface area contributed by atoms with Crippen LogP contribution in [0.5, 0.6) is 0 Å². The van der Waals surface area contributed by atoms with E-state index in [4.69, 9.17) is 0 Å². The molecule has 104 valence electrons. The second kappa shape index (κ2) is 6.31. The smallest absolute Gasteiger partial charge is 0.129 e. The number of rotatable bonds is 5. The first kappa shape index (κ1) is 14.2. The molecule has 3 heteroatoms. The average molecular weight is 261 g/mol. The van der Waals surface area contributed by atoms with Gasteiger partial charge in [0.05, 0.1) is 5.60 Å². The number of hydrogen-bond donors (Lipinski definition) is 1. The molecule has 0 unspecified atom stereocenters. The second-order valence-electron chi connectivity index (χ2n) is 5.54. The van der Waals surface area contributed by atoms with Crippen LogP contribution in [0.1, 0.15) is 38.2 Å². The molecule has 0 saturated carbocycles. The number of carbonyl (C=O) groups excluding carboxylic acids is 1. The third-order valence-corrected chi connectivity index (χ3v) is 4.00. The Kier molecular flexibility index (Phi) is 4.72. The molecular formula is C16H23NO2. The highest BCUT2D eigenvalue weighted by Crippen LogP contribution is 2.32. The molecule has 0 spiro atoms. The fourth-order valence-corrected chi connectivity index (χ4v) is 2.74. The van der Waals surface area contributed by atoms with Gasteiger partial charge in [0, 0.05) is 19.5 Å². The van der Waals surface area contributed by atoms with Gasteiger partial charge < -0.3 is 14.8 Å². The van der Waals surface area contributed by atoms with Crippen LogP contribution < -0.4 is 0 Å². The highest BCUT2D eigenvalue weighted by Gasteiger charge is 2.33. The summed E-state index contributed by atoms with van der Waals surface area (Å²) in [7, 11) is 0. The summed E-state index contributed by atoms with van der Waals surface area (Å²) in [6, 6.07) is 9.94. The van der Waals surface area contributed by atoms with Gasteiger partial charge in [-0.1, -0.05) is 30.3 Å². The van der Waals surface area contributed by atoms with Crippen LogP contribution in [0.3, 0.4) is 0 Å². The Hall–Kier alpha value is -1.19. The van der Waals surface area contributed by atoms with Crippen molar-refractivity contribution < 1.29 is 9.90 Å². The highest BCUT2D eigenvalue weighted by molar-refractivity contribution is 5.75. The number of hydrogen-bond acceptors (Lipinski definition) is 3. The SMILES string of the molecule is CC(=O)CCCN1CCC(O)(c2ccccc2)CC1. The van der Waals surface area contributed by atoms with E-state index in [0.717, 1.165) is 44.5 Å². The Bertz CT molecular complexity index is 408. The van der Waals surface area contributed by atoms with Crippen LogP contribution in [0.2, 0.25) is 0 Å². The van der Waals surface area contributed by atoms with E-state index in [-0.39, 0.29) is 5.78 Å². The van der Waals surface area contributed by atoms with Gasteiger partial charge in [-0.2, -0.15) is 0 Å². The largest absolute Gasteiger partial charge is 0.385 e. The summed E-state index contributed by atoms with van der Waals surface area (Å²) in [5, 5.41) is 10.7. The van der Waals surface area contributed by atoms with Crippen molar-refractivity contribution in [2.75, 3.05) is 19.6 Å². The standard InChI is InChI=1S/C16H23NO2/c1-14(18)6-5-11-17-12-9-16(19,10-13-17)15-7-3-2-4-8-15/h2-4,7-8,19H,5-6,9-13H2,1H3. The van der Waals surface area contributed by atoms with E-state index < -0.39 is 5.60 Å². The molecule has 2 rings (SSSR count). The van der Waals surface area contributed by atoms with Crippen molar-refractivity contribution in [2.24, 2.45) is 0 Å². The summed E-state index contributed by atoms with van der Waals surface area (Å²) in [5.41, 5.74) is 0.358. The van der Waals surface area contributed by atoms with Crippen LogP contribution in [0.25, 0.3) is 0 Å². The Labute approximate surface area is 115 Å². The number of benzene rings is 1. The molecule has 19 heavy (non-hydrogen) atoms. The monoisotopic (exact) mass is 261 g/mol. The normalized spacial score (nSPS) is 19.3. The quantitative estimate of drug-likeness (QED) is 0.884. The third-order valence-electron chi connectivity index (χ3n) is 4.00. The minimum Gasteiger partial charge on any atom is -0.385 e. The average Bonchev–Trinajstić information content (AvgIpc) is 2.42. The van der Waals surface area contributed by atoms with Crippen LogP contribution in [0.15, 0.2) is 30.3 Å². The molecule has 1 aliphatic heterocycles. The van der Waals surface area contributed by atoms with E-state index >= 15 is 0 Å². The lowest BCUT2D eigenvalue weighted by Crippen LogP contribution is -2.42. The van der Waals surface area contributed by atoms with Crippen LogP contribution in [0, 0.1) is 0 Å². The molecule has 0 atom stereocenters. The maximum absolute atomic E-state index is 10.9. The van der Waals surface area contributed by atoms with Gasteiger partial charge in [0.1, 0.15) is 5.78 Å². The van der Waals surface area contributed by atoms with E-state index in [1.165, 1.54) is 0 Å². The number of carbonyl (C=O) groups is 1. The maximum atomic E-state index is 10.9. The zero-order valence-corrected chi connectivity index (χ0v) is 11.6. The lowest BCUT2D eigenvalue weighted by Gasteiger charge is -2.38. The third kappa shape index (κ3) is 3.88. The minimum atomic E-state index is -0.668. The Morgan fingerprint density at radius 2 is 1.89 bits per heavy atom. The highest BCUT2D eigenvalue weighted by atomic mass is 16.3. The van der Waals surface area contributed by atoms with E-state index in [0.29, 0.717) is 6.42 Å². The summed E-state index contributed by atoms with van der Waals surface area (Å²) >= 11 is 0. The van der Waals surface area contributed by atoms with Gasteiger partial charge in [-0.3, -0.25) is 0 Å². The molecule has 1 aliphatic rings. The fourth-order valence-electron chi connectivity index (χ4n) is 2.74. The van der Waals surface area contributed by atoms with Gasteiger partial charge in [-0.25, -0.2) is 0 Å². The first-order valence-electron chi connectivity index (χ1n) is 7.10. The van der Waals surface area contributed by atoms with Crippen molar-refractivity contribution in [3.63, 3.8) is 0 Å². The molecule has 0 aliphatic carbocycles. The Morgan fingerprint density at radius 3 is 2.47 bits per heavy atom. The number of aliphatic hydroxyl groups is 1. The molecule has 1 saturated heterocycles. The van der Waals surface area contributed by atoms with Crippen molar-refractivity contribution in [1.82, 2.24) is 4.90 Å². The van der Waals surface area contributed by atoms with Gasteiger partial charge in [0.15, 0.2) is 0 Å². The van der Waals surface area contributed by atoms with Crippen molar-refractivity contribution in [3.8, 4) is 0 Å². The topological polar surface area (TPSA) is 40.5 Å². The number of nitrogens with zero attached hydrogens (tertiary/aromatic N) is 1. The molecule has 1 heterocycles. The van der Waals surface area contributed by atoms with Crippen LogP contribution >= 0.6 is 0 Å². The zero-order valence-electron chi connectivity index (χ0n) is 11.6. The van der Waals surface area contributed by atoms with Crippen LogP contribution in [-0.2, 0) is 10.4 Å². The first-order valence-corrected chi connectivity index (χ1v) is 7.10. The first-order chi connectivity index (χ1) is 9.10. The summed E-state index contributed by atoms with van der Waals surface area (Å²) in [6.07, 6.45) is 3.15. The minimum absolute atomic E-state index is 0.262. The molecule has 0 aromatic heterocycles. The lowest BCUT2D eigenvalue weighted by molar-refractivity contribution is -0.117. The van der Waals surface area contributed by atoms with Crippen molar-refractivity contribution in [2.45, 2.75) is 38.2 Å². The van der Waals surface area contributed by atoms with Gasteiger partial charge in [0.25, 0.3) is 0 Å². The molecule has 0 bridgehead atoms. The van der Waals surface area contributed by atoms with Crippen LogP contribution in [0.4, 0.5) is 0 Å². The van der Waals surface area contributed by atoms with E-state index in [9.17, 15) is 9.90 Å². The number of likely N-dealkylation sites (tertiary alicyclic amines) is 1. The number of piperidine rings is 1. The van der Waals surface area contributed by atoms with E-state index in [1.54, 1.807) is 6.92 Å². The summed E-state index contributed by atoms with van der Waals surface area (Å²) in [6.45, 7) is 4.42. The molecule has 0 amide bonds. The molecule has 0 radical (unpaired) electrons. The lowest BCUT2D eigenvalue weighted by atomic mass is 9.84. The molecule has 1 aromatic rings. The zero-order chi connectivity index (χ0) is 13.7. The molecule has 1 aromatic carbocycles. The molecule has 1 fully saturated rings. The molecule has 3 nitrogen and oxygen atoms in total. The Morgan fingerprint density at radius 1 is 1.26 bits per heavy atom. The van der Waals surface area contributed by atoms with E-state index in [1.807, 2.05) is 30.3 Å². The van der Waals surface area contributed by atoms with E-state index in [2.05, 4.69) is 4.90 Å². The summed E-state index contributed by atoms with van der Waals surface area (Å²) < 4.78 is 0. The van der Waals surface area contributed by atoms with Crippen molar-refractivity contribution in [1.29, 1.82) is 0 Å². The molecular weight excluding hydrogens is 238 g/mol. The van der Waals surface area contributed by atoms with Crippen molar-refractivity contribution in [3.05, 3.63) is 35.9 Å². The molecule has 1 N–H and O–H groups in total. The maximum Gasteiger partial charge on any atom is 0.129 e. The van der Waals surface area contributed by atoms with Crippen molar-refractivity contribution >= 4 is 5.78 Å². The van der Waals surface area contributed by atoms with Gasteiger partial charge in [0.2, 0.25) is 0 Å². The summed E-state index contributed by atoms with van der Waals surface area (Å²) in [4.78, 5) is 13.3. The predicted octanol–water partition coefficient (Wildman–Crippen LogP) is 2.34. The number of ketones is 1. The second-order valence-corrected chi connectivity index (χ2v) is 5.54. The summed E-state index contributed by atoms with van der Waals surface area (Å²) in [5.74, 6) is 0.262. The van der Waals surface area contributed by atoms with Gasteiger partial charge in [-0.15, -0.1) is 0 Å². The fraction of sp³-hybridized carbons (Fsp3) is 0.562. The van der Waals surface area contributed by atoms with Gasteiger partial charge >= 0.3 is 0 Å². The number of Topliss-reactive ketones (excluding diaryl/α,β-unsaturated/α-hetero) is 1. The van der Waals surface area contributed by atoms with Gasteiger partial charge in [-0.05, 0) is 38.3 Å². The predicted molar refractivity (Wildman–Crippen MR) is 75.9 cm³/mol. The Balaban J connectivity index is 1.83.